The fourth-order valence-electron chi connectivity index (χ4n) is 2.55. The van der Waals surface area contributed by atoms with Gasteiger partial charge >= 0.3 is 5.97 Å². The van der Waals surface area contributed by atoms with E-state index in [1.54, 1.807) is 58.2 Å². The quantitative estimate of drug-likeness (QED) is 0.434. The number of esters is 1. The van der Waals surface area contributed by atoms with E-state index in [1.807, 2.05) is 30.3 Å². The second-order valence-corrected chi connectivity index (χ2v) is 7.36. The first kappa shape index (κ1) is 19.4. The van der Waals surface area contributed by atoms with Gasteiger partial charge < -0.3 is 14.2 Å². The van der Waals surface area contributed by atoms with Crippen LogP contribution in [0.15, 0.2) is 60.4 Å². The molecule has 0 unspecified atom stereocenters. The number of carbonyl (C=O) groups excluding carboxylic acids is 2. The van der Waals surface area contributed by atoms with Crippen molar-refractivity contribution in [2.75, 3.05) is 7.11 Å². The SMILES string of the molecule is COc1ccccc1/C=C/C=C1/Oc2cc(OC(=O)C(C)(C)C)ccc2C1=O. The number of rotatable bonds is 4. The van der Waals surface area contributed by atoms with E-state index in [0.717, 1.165) is 11.3 Å². The molecular weight excluding hydrogens is 356 g/mol. The van der Waals surface area contributed by atoms with Gasteiger partial charge in [-0.1, -0.05) is 30.4 Å². The summed E-state index contributed by atoms with van der Waals surface area (Å²) in [6, 6.07) is 12.3. The zero-order valence-corrected chi connectivity index (χ0v) is 16.3. The Kier molecular flexibility index (Phi) is 5.36. The van der Waals surface area contributed by atoms with Crippen LogP contribution in [0.2, 0.25) is 0 Å². The topological polar surface area (TPSA) is 61.8 Å². The standard InChI is InChI=1S/C23H22O5/c1-23(2,3)22(25)27-16-12-13-17-20(14-16)28-19(21(17)24)11-7-9-15-8-5-6-10-18(15)26-4/h5-14H,1-4H3/b9-7+,19-11+. The summed E-state index contributed by atoms with van der Waals surface area (Å²) < 4.78 is 16.3. The highest BCUT2D eigenvalue weighted by molar-refractivity contribution is 6.12. The number of ketones is 1. The third-order valence-corrected chi connectivity index (χ3v) is 4.13. The van der Waals surface area contributed by atoms with Crippen LogP contribution in [-0.2, 0) is 4.79 Å². The lowest BCUT2D eigenvalue weighted by molar-refractivity contribution is -0.143. The molecule has 0 fully saturated rings. The van der Waals surface area contributed by atoms with E-state index >= 15 is 0 Å². The van der Waals surface area contributed by atoms with Crippen molar-refractivity contribution in [3.05, 3.63) is 71.5 Å². The highest BCUT2D eigenvalue weighted by Gasteiger charge is 2.29. The highest BCUT2D eigenvalue weighted by atomic mass is 16.5. The summed E-state index contributed by atoms with van der Waals surface area (Å²) >= 11 is 0. The van der Waals surface area contributed by atoms with Crippen LogP contribution in [0.5, 0.6) is 17.2 Å². The predicted molar refractivity (Wildman–Crippen MR) is 107 cm³/mol. The van der Waals surface area contributed by atoms with Gasteiger partial charge in [0.2, 0.25) is 5.78 Å². The van der Waals surface area contributed by atoms with Crippen molar-refractivity contribution < 1.29 is 23.8 Å². The summed E-state index contributed by atoms with van der Waals surface area (Å²) in [6.45, 7) is 5.33. The van der Waals surface area contributed by atoms with Crippen molar-refractivity contribution in [2.24, 2.45) is 5.41 Å². The molecule has 28 heavy (non-hydrogen) atoms. The number of benzene rings is 2. The van der Waals surface area contributed by atoms with Gasteiger partial charge in [-0.05, 0) is 45.0 Å². The fraction of sp³-hybridized carbons (Fsp3) is 0.217. The monoisotopic (exact) mass is 378 g/mol. The Morgan fingerprint density at radius 1 is 1.11 bits per heavy atom. The van der Waals surface area contributed by atoms with E-state index in [4.69, 9.17) is 14.2 Å². The number of para-hydroxylation sites is 1. The Morgan fingerprint density at radius 3 is 2.57 bits per heavy atom. The Morgan fingerprint density at radius 2 is 1.86 bits per heavy atom. The van der Waals surface area contributed by atoms with Crippen LogP contribution in [0.25, 0.3) is 6.08 Å². The molecule has 1 aliphatic heterocycles. The molecule has 0 bridgehead atoms. The number of hydrogen-bond acceptors (Lipinski definition) is 5. The zero-order chi connectivity index (χ0) is 20.3. The molecule has 0 N–H and O–H groups in total. The van der Waals surface area contributed by atoms with Gasteiger partial charge in [0.05, 0.1) is 18.1 Å². The molecule has 0 spiro atoms. The van der Waals surface area contributed by atoms with Crippen LogP contribution in [0.4, 0.5) is 0 Å². The zero-order valence-electron chi connectivity index (χ0n) is 16.3. The number of fused-ring (bicyclic) bond motifs is 1. The summed E-state index contributed by atoms with van der Waals surface area (Å²) in [5.74, 6) is 1.10. The smallest absolute Gasteiger partial charge is 0.316 e. The largest absolute Gasteiger partial charge is 0.496 e. The second kappa shape index (κ2) is 7.72. The summed E-state index contributed by atoms with van der Waals surface area (Å²) in [4.78, 5) is 24.5. The Labute approximate surface area is 164 Å². The first-order valence-electron chi connectivity index (χ1n) is 8.90. The number of Topliss-reactive ketones (excluding diaryl/α,β-unsaturated/α-hetero) is 1. The maximum Gasteiger partial charge on any atom is 0.316 e. The van der Waals surface area contributed by atoms with Crippen LogP contribution in [0.1, 0.15) is 36.7 Å². The second-order valence-electron chi connectivity index (χ2n) is 7.36. The molecule has 2 aromatic rings. The molecule has 2 aromatic carbocycles. The van der Waals surface area contributed by atoms with Gasteiger partial charge in [0.25, 0.3) is 0 Å². The predicted octanol–water partition coefficient (Wildman–Crippen LogP) is 4.82. The lowest BCUT2D eigenvalue weighted by atomic mass is 9.97. The van der Waals surface area contributed by atoms with E-state index < -0.39 is 5.41 Å². The van der Waals surface area contributed by atoms with Gasteiger partial charge in [-0.3, -0.25) is 9.59 Å². The molecule has 144 valence electrons. The van der Waals surface area contributed by atoms with Crippen LogP contribution >= 0.6 is 0 Å². The third kappa shape index (κ3) is 4.14. The van der Waals surface area contributed by atoms with Gasteiger partial charge in [0, 0.05) is 11.6 Å². The maximum absolute atomic E-state index is 12.5. The van der Waals surface area contributed by atoms with Crippen LogP contribution < -0.4 is 14.2 Å². The van der Waals surface area contributed by atoms with Crippen molar-refractivity contribution in [3.8, 4) is 17.2 Å². The summed E-state index contributed by atoms with van der Waals surface area (Å²) in [7, 11) is 1.61. The van der Waals surface area contributed by atoms with Gasteiger partial charge in [-0.25, -0.2) is 0 Å². The van der Waals surface area contributed by atoms with Crippen molar-refractivity contribution in [3.63, 3.8) is 0 Å². The number of allylic oxidation sites excluding steroid dienone is 3. The highest BCUT2D eigenvalue weighted by Crippen LogP contribution is 2.35. The molecule has 1 aliphatic rings. The van der Waals surface area contributed by atoms with Gasteiger partial charge in [0.15, 0.2) is 5.76 Å². The molecule has 0 aromatic heterocycles. The fourth-order valence-corrected chi connectivity index (χ4v) is 2.55. The maximum atomic E-state index is 12.5. The number of hydrogen-bond donors (Lipinski definition) is 0. The molecule has 1 heterocycles. The molecule has 3 rings (SSSR count). The van der Waals surface area contributed by atoms with Crippen LogP contribution in [0, 0.1) is 5.41 Å². The Hall–Kier alpha value is -3.34. The lowest BCUT2D eigenvalue weighted by Gasteiger charge is -2.16. The van der Waals surface area contributed by atoms with E-state index in [2.05, 4.69) is 0 Å². The van der Waals surface area contributed by atoms with E-state index in [-0.39, 0.29) is 17.5 Å². The van der Waals surface area contributed by atoms with Crippen LogP contribution in [0.3, 0.4) is 0 Å². The van der Waals surface area contributed by atoms with E-state index in [9.17, 15) is 9.59 Å². The Bertz CT molecular complexity index is 977. The van der Waals surface area contributed by atoms with Crippen molar-refractivity contribution in [2.45, 2.75) is 20.8 Å². The van der Waals surface area contributed by atoms with E-state index in [1.165, 1.54) is 0 Å². The minimum absolute atomic E-state index is 0.209. The molecule has 0 saturated heterocycles. The average molecular weight is 378 g/mol. The molecule has 5 heteroatoms. The van der Waals surface area contributed by atoms with Crippen molar-refractivity contribution >= 4 is 17.8 Å². The Balaban J connectivity index is 1.77. The molecule has 0 saturated carbocycles. The first-order chi connectivity index (χ1) is 13.3. The normalized spacial score (nSPS) is 14.9. The molecule has 0 amide bonds. The summed E-state index contributed by atoms with van der Waals surface area (Å²) in [5, 5.41) is 0. The molecule has 0 aliphatic carbocycles. The number of ether oxygens (including phenoxy) is 3. The van der Waals surface area contributed by atoms with Crippen molar-refractivity contribution in [1.82, 2.24) is 0 Å². The number of methoxy groups -OCH3 is 1. The van der Waals surface area contributed by atoms with Gasteiger partial charge in [-0.2, -0.15) is 0 Å². The summed E-state index contributed by atoms with van der Waals surface area (Å²) in [5.41, 5.74) is 0.707. The number of carbonyl (C=O) groups is 2. The minimum atomic E-state index is -0.621. The molecular formula is C23H22O5. The third-order valence-electron chi connectivity index (χ3n) is 4.13. The van der Waals surface area contributed by atoms with Crippen LogP contribution in [-0.4, -0.2) is 18.9 Å². The summed E-state index contributed by atoms with van der Waals surface area (Å²) in [6.07, 6.45) is 5.18. The van der Waals surface area contributed by atoms with Crippen molar-refractivity contribution in [1.29, 1.82) is 0 Å². The van der Waals surface area contributed by atoms with Gasteiger partial charge in [0.1, 0.15) is 17.2 Å². The molecule has 5 nitrogen and oxygen atoms in total. The van der Waals surface area contributed by atoms with E-state index in [0.29, 0.717) is 17.1 Å². The first-order valence-corrected chi connectivity index (χ1v) is 8.90. The minimum Gasteiger partial charge on any atom is -0.496 e. The average Bonchev–Trinajstić information content (AvgIpc) is 2.96. The lowest BCUT2D eigenvalue weighted by Crippen LogP contribution is -2.25. The van der Waals surface area contributed by atoms with Gasteiger partial charge in [-0.15, -0.1) is 0 Å². The molecule has 0 radical (unpaired) electrons. The molecule has 0 atom stereocenters.